The van der Waals surface area contributed by atoms with Gasteiger partial charge in [0.15, 0.2) is 0 Å². The van der Waals surface area contributed by atoms with E-state index in [-0.39, 0.29) is 17.5 Å². The number of hydrogen-bond acceptors (Lipinski definition) is 2. The maximum absolute atomic E-state index is 4.71. The van der Waals surface area contributed by atoms with Crippen LogP contribution in [0.3, 0.4) is 0 Å². The van der Waals surface area contributed by atoms with Crippen molar-refractivity contribution in [2.24, 2.45) is 0 Å². The van der Waals surface area contributed by atoms with Crippen molar-refractivity contribution in [3.63, 3.8) is 0 Å². The van der Waals surface area contributed by atoms with E-state index in [4.69, 9.17) is 6.58 Å². The zero-order valence-corrected chi connectivity index (χ0v) is 24.9. The smallest absolute Gasteiger partial charge is 0.251 e. The minimum absolute atomic E-state index is 0.0354. The van der Waals surface area contributed by atoms with Gasteiger partial charge in [-0.15, -0.1) is 0 Å². The monoisotopic (exact) mass is 502 g/mol. The third-order valence-electron chi connectivity index (χ3n) is 7.84. The van der Waals surface area contributed by atoms with Gasteiger partial charge in [0.05, 0.1) is 0 Å². The van der Waals surface area contributed by atoms with Crippen molar-refractivity contribution in [2.75, 3.05) is 9.80 Å². The van der Waals surface area contributed by atoms with Gasteiger partial charge in [-0.1, -0.05) is 97.7 Å². The van der Waals surface area contributed by atoms with E-state index in [1.165, 1.54) is 44.6 Å². The summed E-state index contributed by atoms with van der Waals surface area (Å²) >= 11 is 0. The lowest BCUT2D eigenvalue weighted by Crippen LogP contribution is -2.57. The Morgan fingerprint density at radius 3 is 1.82 bits per heavy atom. The van der Waals surface area contributed by atoms with E-state index in [9.17, 15) is 0 Å². The molecule has 0 aromatic heterocycles. The maximum atomic E-state index is 4.71. The molecule has 0 amide bonds. The van der Waals surface area contributed by atoms with E-state index in [0.29, 0.717) is 0 Å². The van der Waals surface area contributed by atoms with Gasteiger partial charge in [0, 0.05) is 34.2 Å². The fourth-order valence-electron chi connectivity index (χ4n) is 5.83. The van der Waals surface area contributed by atoms with E-state index in [2.05, 4.69) is 133 Å². The van der Waals surface area contributed by atoms with E-state index < -0.39 is 0 Å². The maximum Gasteiger partial charge on any atom is 0.251 e. The van der Waals surface area contributed by atoms with Crippen LogP contribution in [0.15, 0.2) is 109 Å². The molecule has 0 unspecified atom stereocenters. The van der Waals surface area contributed by atoms with Gasteiger partial charge in [0.25, 0.3) is 6.71 Å². The molecule has 38 heavy (non-hydrogen) atoms. The largest absolute Gasteiger partial charge is 0.316 e. The third kappa shape index (κ3) is 4.53. The van der Waals surface area contributed by atoms with Crippen molar-refractivity contribution >= 4 is 29.0 Å². The fraction of sp³-hybridized carbons (Fsp3) is 0.314. The van der Waals surface area contributed by atoms with Crippen molar-refractivity contribution in [2.45, 2.75) is 73.1 Å². The Morgan fingerprint density at radius 1 is 0.868 bits per heavy atom. The molecule has 0 N–H and O–H groups in total. The molecule has 0 spiro atoms. The van der Waals surface area contributed by atoms with Gasteiger partial charge in [-0.25, -0.2) is 0 Å². The van der Waals surface area contributed by atoms with E-state index >= 15 is 0 Å². The minimum Gasteiger partial charge on any atom is -0.316 e. The molecule has 0 bridgehead atoms. The predicted molar refractivity (Wildman–Crippen MR) is 170 cm³/mol. The summed E-state index contributed by atoms with van der Waals surface area (Å²) in [5, 5.41) is 0. The second-order valence-electron chi connectivity index (χ2n) is 12.6. The Kier molecular flexibility index (Phi) is 7.03. The van der Waals surface area contributed by atoms with Gasteiger partial charge in [-0.05, 0) is 83.4 Å². The summed E-state index contributed by atoms with van der Waals surface area (Å²) in [5.74, 6) is 0. The highest BCUT2D eigenvalue weighted by atomic mass is 15.2. The van der Waals surface area contributed by atoms with Crippen LogP contribution in [0.5, 0.6) is 0 Å². The first-order valence-corrected chi connectivity index (χ1v) is 13.6. The summed E-state index contributed by atoms with van der Waals surface area (Å²) in [7, 11) is 0. The fourth-order valence-corrected chi connectivity index (χ4v) is 5.83. The van der Waals surface area contributed by atoms with Crippen LogP contribution in [0.25, 0.3) is 0 Å². The van der Waals surface area contributed by atoms with Crippen molar-refractivity contribution in [1.82, 2.24) is 0 Å². The first-order chi connectivity index (χ1) is 17.7. The second kappa shape index (κ2) is 9.69. The Hall–Kier alpha value is -3.46. The molecule has 2 aliphatic rings. The summed E-state index contributed by atoms with van der Waals surface area (Å²) in [4.78, 5) is 4.61. The number of rotatable bonds is 4. The molecule has 196 valence electrons. The van der Waals surface area contributed by atoms with Gasteiger partial charge < -0.3 is 9.80 Å². The summed E-state index contributed by atoms with van der Waals surface area (Å²) in [6.07, 6.45) is 8.06. The number of hydrogen-bond donors (Lipinski definition) is 0. The zero-order chi connectivity index (χ0) is 28.2. The average molecular weight is 503 g/mol. The van der Waals surface area contributed by atoms with Crippen LogP contribution in [0.4, 0.5) is 11.4 Å². The van der Waals surface area contributed by atoms with E-state index in [1.54, 1.807) is 0 Å². The summed E-state index contributed by atoms with van der Waals surface area (Å²) in [6, 6.07) is 14.0. The van der Waals surface area contributed by atoms with E-state index in [0.717, 1.165) is 17.1 Å². The van der Waals surface area contributed by atoms with Crippen LogP contribution in [0.1, 0.15) is 73.4 Å². The molecule has 4 rings (SSSR count). The molecule has 0 saturated heterocycles. The number of benzene rings is 2. The molecule has 3 heteroatoms. The van der Waals surface area contributed by atoms with Crippen LogP contribution < -0.4 is 20.7 Å². The normalized spacial score (nSPS) is 16.1. The average Bonchev–Trinajstić information content (AvgIpc) is 2.82. The van der Waals surface area contributed by atoms with Gasteiger partial charge in [-0.2, -0.15) is 0 Å². The molecule has 2 heterocycles. The molecule has 0 atom stereocenters. The quantitative estimate of drug-likeness (QED) is 0.308. The lowest BCUT2D eigenvalue weighted by molar-refractivity contribution is 0.590. The first kappa shape index (κ1) is 27.6. The lowest BCUT2D eigenvalue weighted by atomic mass is 9.32. The highest BCUT2D eigenvalue weighted by molar-refractivity contribution is 6.94. The standard InChI is InChI=1S/C35H43BN2/c1-13-15-23(3)37-25(5)33-26(6)38(24(4)16-14-2)32-20-18-28(35(10,11)12)22-30(32)36(33)29-21-27(34(7,8)9)17-19-31(29)37/h13-22H,1,4-5H2,2-3,6-12H3/b16-14-,23-15+. The van der Waals surface area contributed by atoms with E-state index in [1.807, 2.05) is 13.0 Å². The molecule has 0 radical (unpaired) electrons. The molecule has 0 saturated carbocycles. The number of allylic oxidation sites excluding steroid dienone is 7. The molecular formula is C35H43BN2. The minimum atomic E-state index is 0.0354. The number of nitrogens with zero attached hydrogens (tertiary/aromatic N) is 2. The summed E-state index contributed by atoms with van der Waals surface area (Å²) < 4.78 is 0. The van der Waals surface area contributed by atoms with Gasteiger partial charge in [0.2, 0.25) is 0 Å². The van der Waals surface area contributed by atoms with Crippen LogP contribution in [-0.4, -0.2) is 6.71 Å². The predicted octanol–water partition coefficient (Wildman–Crippen LogP) is 8.04. The number of anilines is 2. The summed E-state index contributed by atoms with van der Waals surface area (Å²) in [5.41, 5.74) is 13.2. The van der Waals surface area contributed by atoms with Crippen LogP contribution >= 0.6 is 0 Å². The first-order valence-electron chi connectivity index (χ1n) is 13.6. The van der Waals surface area contributed by atoms with Crippen molar-refractivity contribution in [3.05, 3.63) is 120 Å². The molecule has 2 aliphatic heterocycles. The van der Waals surface area contributed by atoms with Gasteiger partial charge in [-0.3, -0.25) is 0 Å². The number of fused-ring (bicyclic) bond motifs is 5. The Balaban J connectivity index is 2.15. The topological polar surface area (TPSA) is 6.48 Å². The Labute approximate surface area is 231 Å². The van der Waals surface area contributed by atoms with Crippen molar-refractivity contribution < 1.29 is 0 Å². The molecule has 2 nitrogen and oxygen atoms in total. The SMILES string of the molecule is C=C/C=C(\C)N1C(=C)C2=C(C)N(C(=C)/C=C\C)c3ccc(C(C)(C)C)cc3B2c2cc(C(C)(C)C)ccc21. The molecule has 2 aromatic rings. The molecular weight excluding hydrogens is 459 g/mol. The zero-order valence-electron chi connectivity index (χ0n) is 24.9. The van der Waals surface area contributed by atoms with Gasteiger partial charge >= 0.3 is 0 Å². The van der Waals surface area contributed by atoms with Gasteiger partial charge in [0.1, 0.15) is 0 Å². The summed E-state index contributed by atoms with van der Waals surface area (Å²) in [6.45, 7) is 33.3. The highest BCUT2D eigenvalue weighted by Crippen LogP contribution is 2.42. The molecule has 0 aliphatic carbocycles. The third-order valence-corrected chi connectivity index (χ3v) is 7.84. The highest BCUT2D eigenvalue weighted by Gasteiger charge is 2.44. The van der Waals surface area contributed by atoms with Crippen LogP contribution in [0.2, 0.25) is 0 Å². The van der Waals surface area contributed by atoms with Crippen molar-refractivity contribution in [3.8, 4) is 0 Å². The Morgan fingerprint density at radius 2 is 1.37 bits per heavy atom. The van der Waals surface area contributed by atoms with Crippen molar-refractivity contribution in [1.29, 1.82) is 0 Å². The Bertz CT molecular complexity index is 1420. The lowest BCUT2D eigenvalue weighted by Gasteiger charge is -2.46. The van der Waals surface area contributed by atoms with Crippen LogP contribution in [0, 0.1) is 0 Å². The second-order valence-corrected chi connectivity index (χ2v) is 12.6. The van der Waals surface area contributed by atoms with Crippen LogP contribution in [-0.2, 0) is 10.8 Å². The molecule has 0 fully saturated rings. The molecule has 2 aromatic carbocycles.